The van der Waals surface area contributed by atoms with E-state index < -0.39 is 0 Å². The fourth-order valence-electron chi connectivity index (χ4n) is 2.13. The molecule has 0 heterocycles. The lowest BCUT2D eigenvalue weighted by atomic mass is 10.1. The van der Waals surface area contributed by atoms with Crippen LogP contribution < -0.4 is 0 Å². The van der Waals surface area contributed by atoms with Crippen molar-refractivity contribution in [2.24, 2.45) is 4.99 Å². The molecule has 1 aromatic rings. The Morgan fingerprint density at radius 2 is 2.00 bits per heavy atom. The van der Waals surface area contributed by atoms with Crippen molar-refractivity contribution in [2.45, 2.75) is 13.3 Å². The number of hydrogen-bond acceptors (Lipinski definition) is 4. The molecule has 0 unspecified atom stereocenters. The van der Waals surface area contributed by atoms with E-state index in [0.717, 1.165) is 6.42 Å². The fourth-order valence-corrected chi connectivity index (χ4v) is 2.13. The molecule has 0 spiro atoms. The number of aliphatic imine (C=N–C) groups is 1. The fraction of sp³-hybridized carbons (Fsp3) is 0.333. The van der Waals surface area contributed by atoms with E-state index in [2.05, 4.69) is 4.99 Å². The summed E-state index contributed by atoms with van der Waals surface area (Å²) in [5.41, 5.74) is 2.03. The van der Waals surface area contributed by atoms with Crippen molar-refractivity contribution in [3.05, 3.63) is 41.0 Å². The highest BCUT2D eigenvalue weighted by molar-refractivity contribution is 6.35. The first-order valence-electron chi connectivity index (χ1n) is 6.24. The number of aliphatic hydroxyl groups is 1. The molecule has 0 aromatic heterocycles. The van der Waals surface area contributed by atoms with Crippen LogP contribution in [0.15, 0.2) is 34.8 Å². The van der Waals surface area contributed by atoms with E-state index in [1.807, 2.05) is 0 Å². The summed E-state index contributed by atoms with van der Waals surface area (Å²) in [6, 6.07) is 7.06. The van der Waals surface area contributed by atoms with Crippen molar-refractivity contribution >= 4 is 17.3 Å². The van der Waals surface area contributed by atoms with Gasteiger partial charge in [-0.25, -0.2) is 0 Å². The Bertz CT molecular complexity index is 558. The van der Waals surface area contributed by atoms with Crippen LogP contribution in [-0.4, -0.2) is 36.9 Å². The third-order valence-corrected chi connectivity index (χ3v) is 3.11. The molecule has 19 heavy (non-hydrogen) atoms. The van der Waals surface area contributed by atoms with Crippen LogP contribution in [0.25, 0.3) is 5.76 Å². The topological polar surface area (TPSA) is 58.9 Å². The van der Waals surface area contributed by atoms with Gasteiger partial charge in [-0.2, -0.15) is 0 Å². The van der Waals surface area contributed by atoms with Crippen molar-refractivity contribution in [1.29, 1.82) is 0 Å². The number of aliphatic hydroxyl groups excluding tert-OH is 1. The number of rotatable bonds is 5. The van der Waals surface area contributed by atoms with Gasteiger partial charge in [0.15, 0.2) is 5.78 Å². The third-order valence-electron chi connectivity index (χ3n) is 3.11. The number of allylic oxidation sites excluding steroid dienone is 1. The summed E-state index contributed by atoms with van der Waals surface area (Å²) >= 11 is 0. The van der Waals surface area contributed by atoms with E-state index in [0.29, 0.717) is 35.6 Å². The number of ether oxygens (including phenoxy) is 1. The van der Waals surface area contributed by atoms with Crippen molar-refractivity contribution in [2.75, 3.05) is 20.3 Å². The molecule has 1 aliphatic carbocycles. The lowest BCUT2D eigenvalue weighted by Gasteiger charge is -2.02. The molecular formula is C15H17NO3. The smallest absolute Gasteiger partial charge is 0.199 e. The molecule has 1 aliphatic rings. The van der Waals surface area contributed by atoms with Gasteiger partial charge in [-0.3, -0.25) is 9.79 Å². The number of Topliss-reactive ketones (excluding diaryl/α,β-unsaturated/α-hetero) is 1. The van der Waals surface area contributed by atoms with Crippen LogP contribution in [0.2, 0.25) is 0 Å². The average molecular weight is 259 g/mol. The number of fused-ring (bicyclic) bond motifs is 1. The van der Waals surface area contributed by atoms with Gasteiger partial charge in [-0.05, 0) is 13.3 Å². The van der Waals surface area contributed by atoms with Gasteiger partial charge in [0.05, 0.1) is 5.57 Å². The second-order valence-electron chi connectivity index (χ2n) is 4.41. The molecule has 0 saturated heterocycles. The van der Waals surface area contributed by atoms with Gasteiger partial charge in [0.1, 0.15) is 5.76 Å². The molecular weight excluding hydrogens is 242 g/mol. The number of methoxy groups -OCH3 is 1. The number of ketones is 1. The largest absolute Gasteiger partial charge is 0.506 e. The average Bonchev–Trinajstić information content (AvgIpc) is 2.68. The number of carbonyl (C=O) groups is 1. The van der Waals surface area contributed by atoms with Crippen molar-refractivity contribution in [1.82, 2.24) is 0 Å². The van der Waals surface area contributed by atoms with E-state index in [4.69, 9.17) is 4.74 Å². The molecule has 0 aliphatic heterocycles. The minimum absolute atomic E-state index is 0.0357. The molecule has 0 fully saturated rings. The maximum absolute atomic E-state index is 12.2. The second kappa shape index (κ2) is 5.80. The lowest BCUT2D eigenvalue weighted by molar-refractivity contribution is 0.104. The van der Waals surface area contributed by atoms with Crippen LogP contribution in [0.1, 0.15) is 29.3 Å². The Hall–Kier alpha value is -1.94. The normalized spacial score (nSPS) is 15.1. The summed E-state index contributed by atoms with van der Waals surface area (Å²) < 4.78 is 4.94. The number of carbonyl (C=O) groups excluding carboxylic acids is 1. The molecule has 0 amide bonds. The standard InChI is InChI=1S/C15H17NO3/c1-10(16-8-5-9-19-2)13-14(17)11-6-3-4-7-12(11)15(13)18/h3-4,6-7,17H,5,8-9H2,1-2H3. The first-order valence-corrected chi connectivity index (χ1v) is 6.24. The highest BCUT2D eigenvalue weighted by atomic mass is 16.5. The Morgan fingerprint density at radius 3 is 2.63 bits per heavy atom. The summed E-state index contributed by atoms with van der Waals surface area (Å²) in [7, 11) is 1.64. The number of nitrogens with zero attached hydrogens (tertiary/aromatic N) is 1. The van der Waals surface area contributed by atoms with Gasteiger partial charge in [-0.1, -0.05) is 24.3 Å². The van der Waals surface area contributed by atoms with Crippen LogP contribution in [0.5, 0.6) is 0 Å². The van der Waals surface area contributed by atoms with Crippen molar-refractivity contribution < 1.29 is 14.6 Å². The first-order chi connectivity index (χ1) is 9.16. The molecule has 0 atom stereocenters. The second-order valence-corrected chi connectivity index (χ2v) is 4.41. The molecule has 1 aromatic carbocycles. The number of benzene rings is 1. The van der Waals surface area contributed by atoms with Gasteiger partial charge in [-0.15, -0.1) is 0 Å². The zero-order valence-corrected chi connectivity index (χ0v) is 11.1. The minimum Gasteiger partial charge on any atom is -0.506 e. The highest BCUT2D eigenvalue weighted by Gasteiger charge is 2.30. The van der Waals surface area contributed by atoms with Crippen LogP contribution in [-0.2, 0) is 4.74 Å². The van der Waals surface area contributed by atoms with Crippen molar-refractivity contribution in [3.63, 3.8) is 0 Å². The van der Waals surface area contributed by atoms with Crippen LogP contribution >= 0.6 is 0 Å². The summed E-state index contributed by atoms with van der Waals surface area (Å²) in [5.74, 6) is -0.116. The molecule has 2 rings (SSSR count). The highest BCUT2D eigenvalue weighted by Crippen LogP contribution is 2.31. The molecule has 0 saturated carbocycles. The maximum Gasteiger partial charge on any atom is 0.199 e. The quantitative estimate of drug-likeness (QED) is 0.653. The summed E-state index contributed by atoms with van der Waals surface area (Å²) in [4.78, 5) is 16.5. The molecule has 4 heteroatoms. The summed E-state index contributed by atoms with van der Waals surface area (Å²) in [6.45, 7) is 2.97. The lowest BCUT2D eigenvalue weighted by Crippen LogP contribution is -2.08. The molecule has 4 nitrogen and oxygen atoms in total. The Morgan fingerprint density at radius 1 is 1.32 bits per heavy atom. The van der Waals surface area contributed by atoms with Crippen LogP contribution in [0.4, 0.5) is 0 Å². The van der Waals surface area contributed by atoms with Crippen LogP contribution in [0.3, 0.4) is 0 Å². The van der Waals surface area contributed by atoms with Gasteiger partial charge in [0, 0.05) is 37.1 Å². The Balaban J connectivity index is 2.22. The summed E-state index contributed by atoms with van der Waals surface area (Å²) in [5, 5.41) is 10.1. The SMILES string of the molecule is COCCCN=C(C)C1=C(O)c2ccccc2C1=O. The maximum atomic E-state index is 12.2. The van der Waals surface area contributed by atoms with Crippen LogP contribution in [0, 0.1) is 0 Å². The van der Waals surface area contributed by atoms with E-state index in [-0.39, 0.29) is 11.5 Å². The van der Waals surface area contributed by atoms with E-state index in [9.17, 15) is 9.90 Å². The monoisotopic (exact) mass is 259 g/mol. The van der Waals surface area contributed by atoms with Gasteiger partial charge in [0.2, 0.25) is 0 Å². The Kier molecular flexibility index (Phi) is 4.12. The molecule has 100 valence electrons. The minimum atomic E-state index is -0.152. The predicted octanol–water partition coefficient (Wildman–Crippen LogP) is 2.65. The molecule has 1 N–H and O–H groups in total. The van der Waals surface area contributed by atoms with E-state index in [1.54, 1.807) is 38.3 Å². The van der Waals surface area contributed by atoms with Crippen molar-refractivity contribution in [3.8, 4) is 0 Å². The number of hydrogen-bond donors (Lipinski definition) is 1. The summed E-state index contributed by atoms with van der Waals surface area (Å²) in [6.07, 6.45) is 0.795. The van der Waals surface area contributed by atoms with Gasteiger partial charge in [0.25, 0.3) is 0 Å². The third kappa shape index (κ3) is 2.58. The first kappa shape index (κ1) is 13.5. The molecule has 0 bridgehead atoms. The zero-order valence-electron chi connectivity index (χ0n) is 11.1. The molecule has 0 radical (unpaired) electrons. The van der Waals surface area contributed by atoms with E-state index in [1.165, 1.54) is 0 Å². The van der Waals surface area contributed by atoms with E-state index >= 15 is 0 Å². The zero-order chi connectivity index (χ0) is 13.8. The Labute approximate surface area is 112 Å². The van der Waals surface area contributed by atoms with Gasteiger partial charge < -0.3 is 9.84 Å². The predicted molar refractivity (Wildman–Crippen MR) is 74.8 cm³/mol. The van der Waals surface area contributed by atoms with Gasteiger partial charge >= 0.3 is 0 Å².